The van der Waals surface area contributed by atoms with Crippen LogP contribution in [-0.2, 0) is 0 Å². The highest BCUT2D eigenvalue weighted by Gasteiger charge is 1.98. The van der Waals surface area contributed by atoms with Crippen LogP contribution >= 0.6 is 0 Å². The average Bonchev–Trinajstić information content (AvgIpc) is 2.28. The van der Waals surface area contributed by atoms with Crippen LogP contribution in [0.5, 0.6) is 0 Å². The number of hydrogen-bond acceptors (Lipinski definition) is 4. The van der Waals surface area contributed by atoms with Crippen molar-refractivity contribution in [3.05, 3.63) is 17.5 Å². The van der Waals surface area contributed by atoms with E-state index in [-0.39, 0.29) is 0 Å². The highest BCUT2D eigenvalue weighted by atomic mass is 16.2. The summed E-state index contributed by atoms with van der Waals surface area (Å²) in [6.45, 7) is 5.19. The van der Waals surface area contributed by atoms with Crippen molar-refractivity contribution >= 4 is 5.95 Å². The molecule has 0 saturated heterocycles. The summed E-state index contributed by atoms with van der Waals surface area (Å²) < 4.78 is 0. The Kier molecular flexibility index (Phi) is 5.78. The first kappa shape index (κ1) is 12.9. The van der Waals surface area contributed by atoms with Crippen molar-refractivity contribution < 1.29 is 5.11 Å². The fraction of sp³-hybridized carbons (Fsp3) is 0.667. The van der Waals surface area contributed by atoms with Gasteiger partial charge in [0, 0.05) is 25.0 Å². The number of aliphatic hydroxyl groups is 1. The van der Waals surface area contributed by atoms with E-state index in [4.69, 9.17) is 5.11 Å². The Hall–Kier alpha value is -1.16. The van der Waals surface area contributed by atoms with Crippen LogP contribution < -0.4 is 5.32 Å². The molecular weight excluding hydrogens is 202 g/mol. The third kappa shape index (κ3) is 4.57. The van der Waals surface area contributed by atoms with Crippen molar-refractivity contribution in [1.29, 1.82) is 0 Å². The van der Waals surface area contributed by atoms with E-state index in [1.165, 1.54) is 0 Å². The second-order valence-electron chi connectivity index (χ2n) is 4.03. The van der Waals surface area contributed by atoms with Gasteiger partial charge in [0.25, 0.3) is 0 Å². The van der Waals surface area contributed by atoms with E-state index in [0.717, 1.165) is 43.5 Å². The van der Waals surface area contributed by atoms with Gasteiger partial charge in [0.1, 0.15) is 0 Å². The summed E-state index contributed by atoms with van der Waals surface area (Å²) in [7, 11) is 0. The van der Waals surface area contributed by atoms with Crippen LogP contribution in [0.15, 0.2) is 6.20 Å². The molecule has 0 aliphatic heterocycles. The SMILES string of the molecule is Cc1cnc(NCCCCCCO)nc1C. The molecular formula is C12H21N3O. The molecule has 0 bridgehead atoms. The molecule has 0 spiro atoms. The number of nitrogens with one attached hydrogen (secondary N) is 1. The lowest BCUT2D eigenvalue weighted by molar-refractivity contribution is 0.283. The lowest BCUT2D eigenvalue weighted by atomic mass is 10.2. The predicted octanol–water partition coefficient (Wildman–Crippen LogP) is 2.06. The smallest absolute Gasteiger partial charge is 0.222 e. The normalized spacial score (nSPS) is 10.4. The van der Waals surface area contributed by atoms with Crippen molar-refractivity contribution in [3.8, 4) is 0 Å². The number of aromatic nitrogens is 2. The molecule has 0 aliphatic rings. The van der Waals surface area contributed by atoms with Crippen LogP contribution in [0.1, 0.15) is 36.9 Å². The van der Waals surface area contributed by atoms with Gasteiger partial charge in [0.05, 0.1) is 0 Å². The molecule has 0 amide bonds. The molecule has 1 heterocycles. The molecule has 1 rings (SSSR count). The fourth-order valence-electron chi connectivity index (χ4n) is 1.40. The van der Waals surface area contributed by atoms with Crippen molar-refractivity contribution in [2.75, 3.05) is 18.5 Å². The summed E-state index contributed by atoms with van der Waals surface area (Å²) in [6, 6.07) is 0. The summed E-state index contributed by atoms with van der Waals surface area (Å²) in [4.78, 5) is 8.56. The lowest BCUT2D eigenvalue weighted by Crippen LogP contribution is -2.06. The molecule has 1 aromatic rings. The molecule has 2 N–H and O–H groups in total. The first-order chi connectivity index (χ1) is 7.74. The molecule has 0 radical (unpaired) electrons. The van der Waals surface area contributed by atoms with Gasteiger partial charge in [-0.3, -0.25) is 0 Å². The summed E-state index contributed by atoms with van der Waals surface area (Å²) in [5, 5.41) is 11.8. The number of aryl methyl sites for hydroxylation is 2. The third-order valence-electron chi connectivity index (χ3n) is 2.59. The summed E-state index contributed by atoms with van der Waals surface area (Å²) in [5.74, 6) is 0.713. The van der Waals surface area contributed by atoms with Gasteiger partial charge < -0.3 is 10.4 Å². The molecule has 0 atom stereocenters. The van der Waals surface area contributed by atoms with Crippen molar-refractivity contribution in [2.45, 2.75) is 39.5 Å². The third-order valence-corrected chi connectivity index (χ3v) is 2.59. The van der Waals surface area contributed by atoms with E-state index >= 15 is 0 Å². The Morgan fingerprint density at radius 3 is 2.62 bits per heavy atom. The summed E-state index contributed by atoms with van der Waals surface area (Å²) >= 11 is 0. The second-order valence-corrected chi connectivity index (χ2v) is 4.03. The first-order valence-corrected chi connectivity index (χ1v) is 5.89. The topological polar surface area (TPSA) is 58.0 Å². The van der Waals surface area contributed by atoms with Crippen LogP contribution in [0.2, 0.25) is 0 Å². The van der Waals surface area contributed by atoms with E-state index in [1.54, 1.807) is 0 Å². The molecule has 0 aliphatic carbocycles. The summed E-state index contributed by atoms with van der Waals surface area (Å²) in [6.07, 6.45) is 6.07. The van der Waals surface area contributed by atoms with Crippen molar-refractivity contribution in [2.24, 2.45) is 0 Å². The largest absolute Gasteiger partial charge is 0.396 e. The maximum Gasteiger partial charge on any atom is 0.222 e. The molecule has 4 heteroatoms. The van der Waals surface area contributed by atoms with E-state index in [1.807, 2.05) is 20.0 Å². The second kappa shape index (κ2) is 7.17. The standard InChI is InChI=1S/C12H21N3O/c1-10-9-14-12(15-11(10)2)13-7-5-3-4-6-8-16/h9,16H,3-8H2,1-2H3,(H,13,14,15). The molecule has 90 valence electrons. The maximum atomic E-state index is 8.62. The Morgan fingerprint density at radius 2 is 1.94 bits per heavy atom. The van der Waals surface area contributed by atoms with E-state index in [0.29, 0.717) is 12.6 Å². The highest BCUT2D eigenvalue weighted by molar-refractivity contribution is 5.28. The Labute approximate surface area is 97.1 Å². The Morgan fingerprint density at radius 1 is 1.19 bits per heavy atom. The minimum atomic E-state index is 0.299. The number of nitrogens with zero attached hydrogens (tertiary/aromatic N) is 2. The van der Waals surface area contributed by atoms with Crippen LogP contribution in [0.4, 0.5) is 5.95 Å². The molecule has 4 nitrogen and oxygen atoms in total. The van der Waals surface area contributed by atoms with Crippen LogP contribution in [0.3, 0.4) is 0 Å². The zero-order valence-electron chi connectivity index (χ0n) is 10.2. The van der Waals surface area contributed by atoms with E-state index in [9.17, 15) is 0 Å². The fourth-order valence-corrected chi connectivity index (χ4v) is 1.40. The van der Waals surface area contributed by atoms with Gasteiger partial charge in [-0.15, -0.1) is 0 Å². The minimum absolute atomic E-state index is 0.299. The highest BCUT2D eigenvalue weighted by Crippen LogP contribution is 2.05. The van der Waals surface area contributed by atoms with E-state index in [2.05, 4.69) is 15.3 Å². The van der Waals surface area contributed by atoms with Crippen LogP contribution in [-0.4, -0.2) is 28.2 Å². The van der Waals surface area contributed by atoms with Crippen molar-refractivity contribution in [3.63, 3.8) is 0 Å². The van der Waals surface area contributed by atoms with Gasteiger partial charge in [0.15, 0.2) is 0 Å². The van der Waals surface area contributed by atoms with Crippen molar-refractivity contribution in [1.82, 2.24) is 9.97 Å². The zero-order valence-corrected chi connectivity index (χ0v) is 10.2. The summed E-state index contributed by atoms with van der Waals surface area (Å²) in [5.41, 5.74) is 2.14. The molecule has 0 aromatic carbocycles. The number of anilines is 1. The first-order valence-electron chi connectivity index (χ1n) is 5.89. The van der Waals surface area contributed by atoms with Gasteiger partial charge in [0.2, 0.25) is 5.95 Å². The van der Waals surface area contributed by atoms with Gasteiger partial charge >= 0.3 is 0 Å². The van der Waals surface area contributed by atoms with Crippen LogP contribution in [0, 0.1) is 13.8 Å². The molecule has 0 fully saturated rings. The number of hydrogen-bond donors (Lipinski definition) is 2. The number of rotatable bonds is 7. The Balaban J connectivity index is 2.19. The van der Waals surface area contributed by atoms with Crippen LogP contribution in [0.25, 0.3) is 0 Å². The number of aliphatic hydroxyl groups excluding tert-OH is 1. The van der Waals surface area contributed by atoms with Gasteiger partial charge in [-0.1, -0.05) is 12.8 Å². The number of unbranched alkanes of at least 4 members (excludes halogenated alkanes) is 3. The lowest BCUT2D eigenvalue weighted by Gasteiger charge is -2.06. The van der Waals surface area contributed by atoms with Gasteiger partial charge in [-0.2, -0.15) is 0 Å². The predicted molar refractivity (Wildman–Crippen MR) is 65.5 cm³/mol. The van der Waals surface area contributed by atoms with Gasteiger partial charge in [-0.05, 0) is 32.3 Å². The quantitative estimate of drug-likeness (QED) is 0.695. The minimum Gasteiger partial charge on any atom is -0.396 e. The Bertz CT molecular complexity index is 315. The molecule has 1 aromatic heterocycles. The zero-order chi connectivity index (χ0) is 11.8. The maximum absolute atomic E-state index is 8.62. The average molecular weight is 223 g/mol. The van der Waals surface area contributed by atoms with E-state index < -0.39 is 0 Å². The molecule has 0 unspecified atom stereocenters. The monoisotopic (exact) mass is 223 g/mol. The molecule has 0 saturated carbocycles. The van der Waals surface area contributed by atoms with Gasteiger partial charge in [-0.25, -0.2) is 9.97 Å². The molecule has 16 heavy (non-hydrogen) atoms.